The molecule has 1 aliphatic heterocycles. The van der Waals surface area contributed by atoms with Gasteiger partial charge in [-0.2, -0.15) is 0 Å². The van der Waals surface area contributed by atoms with Crippen LogP contribution in [-0.4, -0.2) is 41.2 Å². The molecule has 0 bridgehead atoms. The van der Waals surface area contributed by atoms with E-state index in [2.05, 4.69) is 15.6 Å². The van der Waals surface area contributed by atoms with E-state index in [0.717, 1.165) is 22.3 Å². The van der Waals surface area contributed by atoms with E-state index in [1.807, 2.05) is 53.1 Å². The number of imidazole rings is 1. The first-order valence-electron chi connectivity index (χ1n) is 9.51. The Kier molecular flexibility index (Phi) is 5.07. The molecular formula is C21H23N5O3. The lowest BCUT2D eigenvalue weighted by molar-refractivity contribution is -0.122. The lowest BCUT2D eigenvalue weighted by Gasteiger charge is -2.19. The lowest BCUT2D eigenvalue weighted by atomic mass is 10.2. The predicted molar refractivity (Wildman–Crippen MR) is 110 cm³/mol. The third-order valence-corrected chi connectivity index (χ3v) is 5.03. The number of carbonyl (C=O) groups is 2. The zero-order valence-corrected chi connectivity index (χ0v) is 16.4. The SMILES string of the molecule is COc1ccc(CNC(=O)[C@H](C)NC(=O)N2CCn3c2nc2ccccc23)cc1. The van der Waals surface area contributed by atoms with Crippen molar-refractivity contribution in [1.29, 1.82) is 0 Å². The van der Waals surface area contributed by atoms with Gasteiger partial charge in [-0.25, -0.2) is 9.78 Å². The molecule has 0 aliphatic carbocycles. The number of carbonyl (C=O) groups excluding carboxylic acids is 2. The number of anilines is 1. The van der Waals surface area contributed by atoms with Gasteiger partial charge in [-0.15, -0.1) is 0 Å². The van der Waals surface area contributed by atoms with Gasteiger partial charge in [0.25, 0.3) is 0 Å². The van der Waals surface area contributed by atoms with E-state index < -0.39 is 6.04 Å². The molecule has 1 aromatic heterocycles. The smallest absolute Gasteiger partial charge is 0.324 e. The average molecular weight is 393 g/mol. The number of amides is 3. The standard InChI is InChI=1S/C21H23N5O3/c1-14(19(27)22-13-15-7-9-16(29-2)10-8-15)23-21(28)26-12-11-25-18-6-4-3-5-17(18)24-20(25)26/h3-10,14H,11-13H2,1-2H3,(H,22,27)(H,23,28)/t14-/m0/s1. The summed E-state index contributed by atoms with van der Waals surface area (Å²) in [5.74, 6) is 1.12. The highest BCUT2D eigenvalue weighted by molar-refractivity contribution is 5.96. The molecule has 1 atom stereocenters. The molecule has 3 amide bonds. The Bertz CT molecular complexity index is 1040. The van der Waals surface area contributed by atoms with Gasteiger partial charge in [-0.3, -0.25) is 9.69 Å². The number of aromatic nitrogens is 2. The molecule has 0 unspecified atom stereocenters. The number of hydrogen-bond donors (Lipinski definition) is 2. The maximum absolute atomic E-state index is 12.7. The minimum absolute atomic E-state index is 0.248. The molecule has 0 radical (unpaired) electrons. The molecule has 2 N–H and O–H groups in total. The number of methoxy groups -OCH3 is 1. The first-order valence-corrected chi connectivity index (χ1v) is 9.51. The van der Waals surface area contributed by atoms with E-state index >= 15 is 0 Å². The Hall–Kier alpha value is -3.55. The summed E-state index contributed by atoms with van der Waals surface area (Å²) < 4.78 is 7.14. The number of urea groups is 1. The first-order chi connectivity index (χ1) is 14.1. The van der Waals surface area contributed by atoms with Crippen LogP contribution in [0, 0.1) is 0 Å². The third-order valence-electron chi connectivity index (χ3n) is 5.03. The monoisotopic (exact) mass is 393 g/mol. The average Bonchev–Trinajstić information content (AvgIpc) is 3.31. The van der Waals surface area contributed by atoms with Gasteiger partial charge < -0.3 is 19.9 Å². The van der Waals surface area contributed by atoms with E-state index in [-0.39, 0.29) is 11.9 Å². The zero-order chi connectivity index (χ0) is 20.4. The van der Waals surface area contributed by atoms with Crippen molar-refractivity contribution in [2.45, 2.75) is 26.1 Å². The van der Waals surface area contributed by atoms with Crippen LogP contribution in [0.2, 0.25) is 0 Å². The van der Waals surface area contributed by atoms with Crippen LogP contribution in [0.4, 0.5) is 10.7 Å². The second kappa shape index (κ2) is 7.83. The molecule has 3 aromatic rings. The van der Waals surface area contributed by atoms with Crippen molar-refractivity contribution in [2.75, 3.05) is 18.6 Å². The molecule has 0 saturated carbocycles. The van der Waals surface area contributed by atoms with Crippen LogP contribution in [0.1, 0.15) is 12.5 Å². The number of ether oxygens (including phenoxy) is 1. The highest BCUT2D eigenvalue weighted by Gasteiger charge is 2.29. The topological polar surface area (TPSA) is 88.5 Å². The summed E-state index contributed by atoms with van der Waals surface area (Å²) >= 11 is 0. The van der Waals surface area contributed by atoms with Crippen molar-refractivity contribution in [1.82, 2.24) is 20.2 Å². The van der Waals surface area contributed by atoms with E-state index in [0.29, 0.717) is 25.6 Å². The molecule has 0 spiro atoms. The normalized spacial score (nSPS) is 13.8. The van der Waals surface area contributed by atoms with Crippen molar-refractivity contribution in [2.24, 2.45) is 0 Å². The Labute approximate surface area is 168 Å². The van der Waals surface area contributed by atoms with Gasteiger partial charge >= 0.3 is 6.03 Å². The van der Waals surface area contributed by atoms with E-state index in [4.69, 9.17) is 4.74 Å². The highest BCUT2D eigenvalue weighted by atomic mass is 16.5. The molecule has 150 valence electrons. The predicted octanol–water partition coefficient (Wildman–Crippen LogP) is 2.28. The number of rotatable bonds is 5. The second-order valence-corrected chi connectivity index (χ2v) is 6.94. The molecule has 0 saturated heterocycles. The Balaban J connectivity index is 1.35. The van der Waals surface area contributed by atoms with Crippen LogP contribution in [0.3, 0.4) is 0 Å². The molecule has 2 heterocycles. The van der Waals surface area contributed by atoms with Gasteiger partial charge in [0.1, 0.15) is 11.8 Å². The van der Waals surface area contributed by atoms with Gasteiger partial charge in [0, 0.05) is 19.6 Å². The summed E-state index contributed by atoms with van der Waals surface area (Å²) in [6.45, 7) is 3.25. The van der Waals surface area contributed by atoms with Crippen molar-refractivity contribution < 1.29 is 14.3 Å². The zero-order valence-electron chi connectivity index (χ0n) is 16.4. The van der Waals surface area contributed by atoms with Crippen LogP contribution < -0.4 is 20.3 Å². The van der Waals surface area contributed by atoms with Crippen molar-refractivity contribution in [3.05, 3.63) is 54.1 Å². The largest absolute Gasteiger partial charge is 0.497 e. The Morgan fingerprint density at radius 3 is 2.66 bits per heavy atom. The first kappa shape index (κ1) is 18.8. The molecule has 2 aromatic carbocycles. The lowest BCUT2D eigenvalue weighted by Crippen LogP contribution is -2.49. The number of nitrogens with zero attached hydrogens (tertiary/aromatic N) is 3. The van der Waals surface area contributed by atoms with Crippen molar-refractivity contribution >= 4 is 28.9 Å². The summed E-state index contributed by atoms with van der Waals surface area (Å²) in [7, 11) is 1.61. The van der Waals surface area contributed by atoms with Crippen molar-refractivity contribution in [3.63, 3.8) is 0 Å². The molecule has 29 heavy (non-hydrogen) atoms. The van der Waals surface area contributed by atoms with Gasteiger partial charge in [-0.1, -0.05) is 24.3 Å². The number of fused-ring (bicyclic) bond motifs is 3. The molecular weight excluding hydrogens is 370 g/mol. The Morgan fingerprint density at radius 1 is 1.14 bits per heavy atom. The van der Waals surface area contributed by atoms with Gasteiger partial charge in [0.2, 0.25) is 11.9 Å². The summed E-state index contributed by atoms with van der Waals surface area (Å²) in [5.41, 5.74) is 2.80. The van der Waals surface area contributed by atoms with Crippen LogP contribution in [0.5, 0.6) is 5.75 Å². The minimum Gasteiger partial charge on any atom is -0.497 e. The molecule has 4 rings (SSSR count). The van der Waals surface area contributed by atoms with Crippen LogP contribution in [0.25, 0.3) is 11.0 Å². The number of para-hydroxylation sites is 2. The van der Waals surface area contributed by atoms with Crippen molar-refractivity contribution in [3.8, 4) is 5.75 Å². The number of benzene rings is 2. The third kappa shape index (κ3) is 3.73. The van der Waals surface area contributed by atoms with Crippen LogP contribution in [-0.2, 0) is 17.9 Å². The Morgan fingerprint density at radius 2 is 1.90 bits per heavy atom. The maximum atomic E-state index is 12.7. The fraction of sp³-hybridized carbons (Fsp3) is 0.286. The molecule has 8 nitrogen and oxygen atoms in total. The fourth-order valence-corrected chi connectivity index (χ4v) is 3.40. The quantitative estimate of drug-likeness (QED) is 0.696. The van der Waals surface area contributed by atoms with Crippen LogP contribution in [0.15, 0.2) is 48.5 Å². The summed E-state index contributed by atoms with van der Waals surface area (Å²) in [4.78, 5) is 31.2. The van der Waals surface area contributed by atoms with Gasteiger partial charge in [0.15, 0.2) is 0 Å². The van der Waals surface area contributed by atoms with Gasteiger partial charge in [-0.05, 0) is 36.8 Å². The second-order valence-electron chi connectivity index (χ2n) is 6.94. The number of hydrogen-bond acceptors (Lipinski definition) is 4. The van der Waals surface area contributed by atoms with Gasteiger partial charge in [0.05, 0.1) is 18.1 Å². The molecule has 1 aliphatic rings. The van der Waals surface area contributed by atoms with E-state index in [9.17, 15) is 9.59 Å². The van der Waals surface area contributed by atoms with E-state index in [1.54, 1.807) is 18.9 Å². The minimum atomic E-state index is -0.667. The summed E-state index contributed by atoms with van der Waals surface area (Å²) in [6.07, 6.45) is 0. The maximum Gasteiger partial charge on any atom is 0.324 e. The van der Waals surface area contributed by atoms with Crippen LogP contribution >= 0.6 is 0 Å². The molecule has 0 fully saturated rings. The fourth-order valence-electron chi connectivity index (χ4n) is 3.40. The summed E-state index contributed by atoms with van der Waals surface area (Å²) in [5, 5.41) is 5.60. The summed E-state index contributed by atoms with van der Waals surface area (Å²) in [6, 6.07) is 14.2. The van der Waals surface area contributed by atoms with E-state index in [1.165, 1.54) is 0 Å². The number of nitrogens with one attached hydrogen (secondary N) is 2. The molecule has 8 heteroatoms. The highest BCUT2D eigenvalue weighted by Crippen LogP contribution is 2.27.